The molecule has 0 aliphatic carbocycles. The Hall–Kier alpha value is -2.26. The number of carbonyl (C=O) groups is 1. The first-order chi connectivity index (χ1) is 10.3. The molecule has 2 aliphatic rings. The van der Waals surface area contributed by atoms with Crippen LogP contribution < -0.4 is 0 Å². The molecule has 2 atom stereocenters. The quantitative estimate of drug-likeness (QED) is 0.796. The third-order valence-electron chi connectivity index (χ3n) is 3.53. The van der Waals surface area contributed by atoms with Crippen LogP contribution in [0.15, 0.2) is 29.0 Å². The molecule has 8 nitrogen and oxygen atoms in total. The zero-order chi connectivity index (χ0) is 14.4. The minimum Gasteiger partial charge on any atom is -0.337 e. The van der Waals surface area contributed by atoms with Crippen molar-refractivity contribution in [2.75, 3.05) is 13.2 Å². The monoisotopic (exact) mass is 305 g/mol. The smallest absolute Gasteiger partial charge is 0.337 e. The number of fused-ring (bicyclic) bond motifs is 4. The molecule has 9 heteroatoms. The van der Waals surface area contributed by atoms with Crippen LogP contribution in [0.1, 0.15) is 28.5 Å². The van der Waals surface area contributed by atoms with E-state index in [1.165, 1.54) is 22.7 Å². The molecule has 4 heterocycles. The molecule has 108 valence electrons. The highest BCUT2D eigenvalue weighted by Crippen LogP contribution is 2.46. The topological polar surface area (TPSA) is 84.6 Å². The van der Waals surface area contributed by atoms with Gasteiger partial charge in [-0.2, -0.15) is 10.0 Å². The van der Waals surface area contributed by atoms with Crippen molar-refractivity contribution < 1.29 is 14.2 Å². The summed E-state index contributed by atoms with van der Waals surface area (Å²) in [6, 6.07) is -0.829. The predicted octanol–water partition coefficient (Wildman–Crippen LogP) is 1.53. The third-order valence-corrected chi connectivity index (χ3v) is 4.47. The lowest BCUT2D eigenvalue weighted by atomic mass is 10.0. The van der Waals surface area contributed by atoms with E-state index in [0.717, 1.165) is 10.6 Å². The fraction of sp³-hybridized carbons (Fsp3) is 0.333. The van der Waals surface area contributed by atoms with Gasteiger partial charge in [0.25, 0.3) is 5.89 Å². The number of carbonyl (C=O) groups excluding carboxylic acids is 1. The molecular weight excluding hydrogens is 294 g/mol. The summed E-state index contributed by atoms with van der Waals surface area (Å²) in [5.41, 5.74) is 2.53. The van der Waals surface area contributed by atoms with Crippen molar-refractivity contribution in [3.63, 3.8) is 0 Å². The largest absolute Gasteiger partial charge is 0.345 e. The molecule has 2 aromatic heterocycles. The number of nitrogens with zero attached hydrogens (tertiary/aromatic N) is 5. The van der Waals surface area contributed by atoms with Gasteiger partial charge in [0.2, 0.25) is 0 Å². The summed E-state index contributed by atoms with van der Waals surface area (Å²) in [6.07, 6.45) is 2.92. The number of rotatable bonds is 4. The van der Waals surface area contributed by atoms with Crippen LogP contribution in [0.3, 0.4) is 0 Å². The van der Waals surface area contributed by atoms with Crippen LogP contribution in [0, 0.1) is 0 Å². The minimum absolute atomic E-state index is 0.154. The van der Waals surface area contributed by atoms with Crippen LogP contribution in [-0.2, 0) is 4.84 Å². The van der Waals surface area contributed by atoms with Crippen LogP contribution >= 0.6 is 11.3 Å². The second-order valence-electron chi connectivity index (χ2n) is 4.64. The number of hydroxylamine groups is 2. The lowest BCUT2D eigenvalue weighted by molar-refractivity contribution is -0.118. The standard InChI is InChI=1S/C12H11N5O3S/c1-2-3-19-17-7-4-16(12(17)18)9(11-13-5-15-20-11)8-10(7)21-6-14-8/h2,5-7,9H,1,3-4H2/t7-,9+/m1/s1. The number of hydrogen-bond acceptors (Lipinski definition) is 7. The van der Waals surface area contributed by atoms with Gasteiger partial charge < -0.3 is 9.42 Å². The molecule has 21 heavy (non-hydrogen) atoms. The van der Waals surface area contributed by atoms with E-state index >= 15 is 0 Å². The molecule has 1 saturated heterocycles. The van der Waals surface area contributed by atoms with Crippen LogP contribution in [0.2, 0.25) is 0 Å². The number of urea groups is 1. The predicted molar refractivity (Wildman–Crippen MR) is 71.1 cm³/mol. The van der Waals surface area contributed by atoms with Crippen molar-refractivity contribution in [1.82, 2.24) is 25.1 Å². The maximum absolute atomic E-state index is 12.5. The molecule has 2 amide bonds. The van der Waals surface area contributed by atoms with Crippen LogP contribution in [0.4, 0.5) is 4.79 Å². The molecule has 0 saturated carbocycles. The zero-order valence-electron chi connectivity index (χ0n) is 10.9. The number of thiazole rings is 1. The van der Waals surface area contributed by atoms with Crippen molar-refractivity contribution in [3.05, 3.63) is 41.0 Å². The van der Waals surface area contributed by atoms with Crippen molar-refractivity contribution in [2.24, 2.45) is 0 Å². The summed E-state index contributed by atoms with van der Waals surface area (Å²) >= 11 is 1.50. The summed E-state index contributed by atoms with van der Waals surface area (Å²) < 4.78 is 5.15. The molecular formula is C12H11N5O3S. The lowest BCUT2D eigenvalue weighted by Gasteiger charge is -2.26. The minimum atomic E-state index is -0.449. The van der Waals surface area contributed by atoms with Gasteiger partial charge in [0.05, 0.1) is 29.2 Å². The van der Waals surface area contributed by atoms with Gasteiger partial charge in [0.1, 0.15) is 6.04 Å². The van der Waals surface area contributed by atoms with Gasteiger partial charge in [-0.3, -0.25) is 4.84 Å². The SMILES string of the molecule is C=CCON1C(=O)N2C[C@@H]1c1scnc1[C@H]2c1ncno1. The summed E-state index contributed by atoms with van der Waals surface area (Å²) in [6.45, 7) is 4.39. The molecule has 2 aromatic rings. The van der Waals surface area contributed by atoms with Crippen molar-refractivity contribution in [2.45, 2.75) is 12.1 Å². The zero-order valence-corrected chi connectivity index (χ0v) is 11.7. The van der Waals surface area contributed by atoms with E-state index in [9.17, 15) is 4.79 Å². The van der Waals surface area contributed by atoms with E-state index in [4.69, 9.17) is 9.36 Å². The Morgan fingerprint density at radius 2 is 2.48 bits per heavy atom. The normalized spacial score (nSPS) is 23.5. The van der Waals surface area contributed by atoms with Gasteiger partial charge in [-0.25, -0.2) is 9.78 Å². The second-order valence-corrected chi connectivity index (χ2v) is 5.53. The average molecular weight is 305 g/mol. The highest BCUT2D eigenvalue weighted by atomic mass is 32.1. The van der Waals surface area contributed by atoms with Gasteiger partial charge in [-0.1, -0.05) is 11.2 Å². The van der Waals surface area contributed by atoms with Gasteiger partial charge >= 0.3 is 6.03 Å². The average Bonchev–Trinajstić information content (AvgIpc) is 3.21. The van der Waals surface area contributed by atoms with E-state index < -0.39 is 6.04 Å². The van der Waals surface area contributed by atoms with Gasteiger partial charge in [-0.05, 0) is 0 Å². The Morgan fingerprint density at radius 1 is 1.57 bits per heavy atom. The third kappa shape index (κ3) is 1.71. The number of amides is 2. The molecule has 2 aliphatic heterocycles. The maximum Gasteiger partial charge on any atom is 0.345 e. The van der Waals surface area contributed by atoms with Crippen LogP contribution in [0.25, 0.3) is 0 Å². The molecule has 0 radical (unpaired) electrons. The van der Waals surface area contributed by atoms with E-state index in [0.29, 0.717) is 12.4 Å². The summed E-state index contributed by atoms with van der Waals surface area (Å²) in [5.74, 6) is 0.361. The Balaban J connectivity index is 1.78. The highest BCUT2D eigenvalue weighted by molar-refractivity contribution is 7.09. The Kier molecular flexibility index (Phi) is 2.76. The van der Waals surface area contributed by atoms with Gasteiger partial charge in [-0.15, -0.1) is 17.9 Å². The first-order valence-electron chi connectivity index (χ1n) is 6.34. The molecule has 0 aromatic carbocycles. The van der Waals surface area contributed by atoms with Crippen LogP contribution in [0.5, 0.6) is 0 Å². The summed E-state index contributed by atoms with van der Waals surface area (Å²) in [7, 11) is 0. The van der Waals surface area contributed by atoms with Gasteiger partial charge in [0.15, 0.2) is 12.4 Å². The van der Waals surface area contributed by atoms with E-state index in [1.807, 2.05) is 0 Å². The van der Waals surface area contributed by atoms with E-state index in [1.54, 1.807) is 16.5 Å². The number of aromatic nitrogens is 3. The Bertz CT molecular complexity index is 685. The van der Waals surface area contributed by atoms with Gasteiger partial charge in [0, 0.05) is 0 Å². The fourth-order valence-corrected chi connectivity index (χ4v) is 3.59. The fourth-order valence-electron chi connectivity index (χ4n) is 2.70. The molecule has 0 unspecified atom stereocenters. The molecule has 2 bridgehead atoms. The molecule has 1 fully saturated rings. The van der Waals surface area contributed by atoms with Crippen molar-refractivity contribution in [1.29, 1.82) is 0 Å². The summed E-state index contributed by atoms with van der Waals surface area (Å²) in [5, 5.41) is 5.01. The van der Waals surface area contributed by atoms with E-state index in [2.05, 4.69) is 21.7 Å². The van der Waals surface area contributed by atoms with Crippen molar-refractivity contribution in [3.8, 4) is 0 Å². The first-order valence-corrected chi connectivity index (χ1v) is 7.22. The van der Waals surface area contributed by atoms with Crippen LogP contribution in [-0.4, -0.2) is 44.3 Å². The second kappa shape index (κ2) is 4.64. The molecule has 0 N–H and O–H groups in total. The Labute approximate surface area is 123 Å². The lowest BCUT2D eigenvalue weighted by Crippen LogP contribution is -2.35. The highest BCUT2D eigenvalue weighted by Gasteiger charge is 2.52. The van der Waals surface area contributed by atoms with E-state index in [-0.39, 0.29) is 18.7 Å². The molecule has 0 spiro atoms. The molecule has 4 rings (SSSR count). The maximum atomic E-state index is 12.5. The first kappa shape index (κ1) is 12.5. The van der Waals surface area contributed by atoms with Crippen molar-refractivity contribution >= 4 is 17.4 Å². The number of hydrogen-bond donors (Lipinski definition) is 0. The Morgan fingerprint density at radius 3 is 3.24 bits per heavy atom. The summed E-state index contributed by atoms with van der Waals surface area (Å²) in [4.78, 5) is 29.1.